The Morgan fingerprint density at radius 2 is 1.32 bits per heavy atom. The molecule has 0 aromatic carbocycles. The first-order chi connectivity index (χ1) is 16.3. The Balaban J connectivity index is 0.00000196. The van der Waals surface area contributed by atoms with Crippen LogP contribution >= 0.6 is 7.82 Å². The zero-order valence-corrected chi connectivity index (χ0v) is 22.7. The van der Waals surface area contributed by atoms with E-state index in [1.165, 1.54) is 89.9 Å². The summed E-state index contributed by atoms with van der Waals surface area (Å²) in [5, 5.41) is 6.53. The van der Waals surface area contributed by atoms with Gasteiger partial charge in [0.1, 0.15) is 0 Å². The Morgan fingerprint density at radius 1 is 0.882 bits per heavy atom. The summed E-state index contributed by atoms with van der Waals surface area (Å²) in [4.78, 5) is 33.8. The molecule has 8 nitrogen and oxygen atoms in total. The third-order valence-corrected chi connectivity index (χ3v) is 6.20. The second kappa shape index (κ2) is 22.9. The third kappa shape index (κ3) is 24.6. The van der Waals surface area contributed by atoms with Gasteiger partial charge in [-0.05, 0) is 12.8 Å². The minimum atomic E-state index is -4.64. The molecule has 1 aliphatic rings. The number of hydrogen-bond acceptors (Lipinski definition) is 4. The number of nitrogens with one attached hydrogen (secondary N) is 2. The van der Waals surface area contributed by atoms with Crippen molar-refractivity contribution in [3.05, 3.63) is 0 Å². The van der Waals surface area contributed by atoms with Gasteiger partial charge in [-0.2, -0.15) is 0 Å². The van der Waals surface area contributed by atoms with Crippen molar-refractivity contribution < 1.29 is 28.8 Å². The number of morpholine rings is 1. The standard InChI is InChI=1S/C25H50N2O2.H3O4P/c1-3-5-6-7-8-9-10-11-12-13-14-15-16-17-18-19-25(28)27-23(4-2)24-22-26-20-21-29-24;1-5(2,3)4/h23-24,26H,3-22H2,1-2H3,(H,27,28);(H3,1,2,3,4). The van der Waals surface area contributed by atoms with Gasteiger partial charge in [-0.3, -0.25) is 4.79 Å². The minimum Gasteiger partial charge on any atom is -0.373 e. The fourth-order valence-electron chi connectivity index (χ4n) is 4.24. The number of ether oxygens (including phenoxy) is 1. The second-order valence-corrected chi connectivity index (χ2v) is 10.4. The Morgan fingerprint density at radius 3 is 1.71 bits per heavy atom. The third-order valence-electron chi connectivity index (χ3n) is 6.20. The maximum atomic E-state index is 12.2. The zero-order valence-electron chi connectivity index (χ0n) is 21.8. The van der Waals surface area contributed by atoms with Gasteiger partial charge in [0.05, 0.1) is 18.8 Å². The van der Waals surface area contributed by atoms with Crippen molar-refractivity contribution in [1.82, 2.24) is 10.6 Å². The number of unbranched alkanes of at least 4 members (excludes halogenated alkanes) is 14. The highest BCUT2D eigenvalue weighted by Crippen LogP contribution is 2.25. The van der Waals surface area contributed by atoms with Crippen LogP contribution in [0, 0.1) is 0 Å². The second-order valence-electron chi connectivity index (χ2n) is 9.41. The molecule has 2 unspecified atom stereocenters. The molecule has 0 spiro atoms. The lowest BCUT2D eigenvalue weighted by atomic mass is 10.0. The van der Waals surface area contributed by atoms with Crippen LogP contribution in [0.3, 0.4) is 0 Å². The SMILES string of the molecule is CCCCCCCCCCCCCCCCCC(=O)NC(CC)C1CNCCO1.O=P(O)(O)O. The summed E-state index contributed by atoms with van der Waals surface area (Å²) in [5.41, 5.74) is 0. The number of amides is 1. The Kier molecular flexibility index (Phi) is 22.6. The van der Waals surface area contributed by atoms with Crippen molar-refractivity contribution in [2.45, 2.75) is 135 Å². The highest BCUT2D eigenvalue weighted by molar-refractivity contribution is 7.45. The van der Waals surface area contributed by atoms with Crippen LogP contribution in [-0.2, 0) is 14.1 Å². The summed E-state index contributed by atoms with van der Waals surface area (Å²) in [5.74, 6) is 0.195. The van der Waals surface area contributed by atoms with Crippen molar-refractivity contribution in [2.24, 2.45) is 0 Å². The van der Waals surface area contributed by atoms with Crippen molar-refractivity contribution in [3.8, 4) is 0 Å². The lowest BCUT2D eigenvalue weighted by Crippen LogP contribution is -2.51. The molecular formula is C25H53N2O6P. The number of carbonyl (C=O) groups excluding carboxylic acids is 1. The van der Waals surface area contributed by atoms with E-state index in [9.17, 15) is 4.79 Å². The summed E-state index contributed by atoms with van der Waals surface area (Å²) < 4.78 is 14.7. The first kappa shape index (κ1) is 33.5. The normalized spacial score (nSPS) is 17.0. The summed E-state index contributed by atoms with van der Waals surface area (Å²) in [6.07, 6.45) is 22.1. The molecule has 5 N–H and O–H groups in total. The lowest BCUT2D eigenvalue weighted by Gasteiger charge is -2.31. The van der Waals surface area contributed by atoms with Crippen molar-refractivity contribution in [2.75, 3.05) is 19.7 Å². The smallest absolute Gasteiger partial charge is 0.373 e. The van der Waals surface area contributed by atoms with E-state index in [-0.39, 0.29) is 18.1 Å². The predicted molar refractivity (Wildman–Crippen MR) is 139 cm³/mol. The molecule has 2 atom stereocenters. The van der Waals surface area contributed by atoms with Crippen LogP contribution in [0.15, 0.2) is 0 Å². The molecule has 0 saturated carbocycles. The average molecular weight is 509 g/mol. The molecule has 0 aromatic heterocycles. The Labute approximate surface area is 208 Å². The number of phosphoric acid groups is 1. The monoisotopic (exact) mass is 508 g/mol. The van der Waals surface area contributed by atoms with E-state index in [1.807, 2.05) is 0 Å². The average Bonchev–Trinajstić information content (AvgIpc) is 2.79. The van der Waals surface area contributed by atoms with E-state index >= 15 is 0 Å². The van der Waals surface area contributed by atoms with Gasteiger partial charge < -0.3 is 30.1 Å². The van der Waals surface area contributed by atoms with Crippen LogP contribution in [0.5, 0.6) is 0 Å². The van der Waals surface area contributed by atoms with E-state index in [1.54, 1.807) is 0 Å². The summed E-state index contributed by atoms with van der Waals surface area (Å²) in [7, 11) is -4.64. The molecule has 0 aliphatic carbocycles. The fourth-order valence-corrected chi connectivity index (χ4v) is 4.24. The van der Waals surface area contributed by atoms with Gasteiger partial charge in [-0.1, -0.05) is 104 Å². The van der Waals surface area contributed by atoms with Crippen LogP contribution in [0.2, 0.25) is 0 Å². The van der Waals surface area contributed by atoms with E-state index in [0.717, 1.165) is 32.5 Å². The molecule has 1 amide bonds. The quantitative estimate of drug-likeness (QED) is 0.120. The van der Waals surface area contributed by atoms with Gasteiger partial charge in [-0.15, -0.1) is 0 Å². The van der Waals surface area contributed by atoms with Crippen LogP contribution in [-0.4, -0.2) is 52.4 Å². The number of hydrogen-bond donors (Lipinski definition) is 5. The van der Waals surface area contributed by atoms with Crippen LogP contribution in [0.4, 0.5) is 0 Å². The molecule has 34 heavy (non-hydrogen) atoms. The number of carbonyl (C=O) groups is 1. The highest BCUT2D eigenvalue weighted by Gasteiger charge is 2.24. The molecule has 1 saturated heterocycles. The maximum Gasteiger partial charge on any atom is 0.466 e. The van der Waals surface area contributed by atoms with E-state index in [4.69, 9.17) is 24.0 Å². The summed E-state index contributed by atoms with van der Waals surface area (Å²) >= 11 is 0. The molecule has 0 aromatic rings. The summed E-state index contributed by atoms with van der Waals surface area (Å²) in [6, 6.07) is 0.145. The Hall–Kier alpha value is -0.500. The first-order valence-electron chi connectivity index (χ1n) is 13.7. The maximum absolute atomic E-state index is 12.2. The number of rotatable bonds is 19. The molecule has 1 heterocycles. The van der Waals surface area contributed by atoms with Crippen LogP contribution in [0.25, 0.3) is 0 Å². The van der Waals surface area contributed by atoms with Crippen molar-refractivity contribution in [3.63, 3.8) is 0 Å². The van der Waals surface area contributed by atoms with E-state index in [0.29, 0.717) is 6.42 Å². The molecular weight excluding hydrogens is 455 g/mol. The molecule has 1 rings (SSSR count). The predicted octanol–water partition coefficient (Wildman–Crippen LogP) is 5.20. The van der Waals surface area contributed by atoms with Crippen LogP contribution < -0.4 is 10.6 Å². The van der Waals surface area contributed by atoms with Crippen molar-refractivity contribution in [1.29, 1.82) is 0 Å². The van der Waals surface area contributed by atoms with Gasteiger partial charge >= 0.3 is 7.82 Å². The van der Waals surface area contributed by atoms with Gasteiger partial charge in [-0.25, -0.2) is 4.57 Å². The van der Waals surface area contributed by atoms with Gasteiger partial charge in [0.2, 0.25) is 5.91 Å². The Bertz CT molecular complexity index is 503. The molecule has 204 valence electrons. The summed E-state index contributed by atoms with van der Waals surface area (Å²) in [6.45, 7) is 6.91. The van der Waals surface area contributed by atoms with Gasteiger partial charge in [0, 0.05) is 19.5 Å². The first-order valence-corrected chi connectivity index (χ1v) is 15.2. The van der Waals surface area contributed by atoms with E-state index in [2.05, 4.69) is 24.5 Å². The molecule has 0 radical (unpaired) electrons. The fraction of sp³-hybridized carbons (Fsp3) is 0.960. The molecule has 1 fully saturated rings. The van der Waals surface area contributed by atoms with Gasteiger partial charge in [0.25, 0.3) is 0 Å². The lowest BCUT2D eigenvalue weighted by molar-refractivity contribution is -0.123. The highest BCUT2D eigenvalue weighted by atomic mass is 31.2. The topological polar surface area (TPSA) is 128 Å². The van der Waals surface area contributed by atoms with E-state index < -0.39 is 7.82 Å². The van der Waals surface area contributed by atoms with Gasteiger partial charge in [0.15, 0.2) is 0 Å². The van der Waals surface area contributed by atoms with Crippen LogP contribution in [0.1, 0.15) is 123 Å². The minimum absolute atomic E-state index is 0.124. The molecule has 9 heteroatoms. The van der Waals surface area contributed by atoms with Crippen molar-refractivity contribution >= 4 is 13.7 Å². The molecule has 1 aliphatic heterocycles. The zero-order chi connectivity index (χ0) is 25.5. The molecule has 0 bridgehead atoms. The largest absolute Gasteiger partial charge is 0.466 e.